The second-order valence-electron chi connectivity index (χ2n) is 6.60. The Labute approximate surface area is 150 Å². The van der Waals surface area contributed by atoms with Crippen LogP contribution in [-0.2, 0) is 4.79 Å². The minimum Gasteiger partial charge on any atom is -0.342 e. The fourth-order valence-corrected chi connectivity index (χ4v) is 3.37. The number of nitrogens with zero attached hydrogens (tertiary/aromatic N) is 6. The van der Waals surface area contributed by atoms with E-state index in [2.05, 4.69) is 20.2 Å². The number of amides is 1. The molecule has 3 heterocycles. The van der Waals surface area contributed by atoms with Crippen molar-refractivity contribution in [2.45, 2.75) is 32.6 Å². The lowest BCUT2D eigenvalue weighted by molar-refractivity contribution is -0.130. The molecule has 0 aliphatic carbocycles. The summed E-state index contributed by atoms with van der Waals surface area (Å²) in [6, 6.07) is 5.92. The predicted octanol–water partition coefficient (Wildman–Crippen LogP) is 2.35. The van der Waals surface area contributed by atoms with Crippen LogP contribution < -0.4 is 0 Å². The van der Waals surface area contributed by atoms with Crippen molar-refractivity contribution < 1.29 is 9.32 Å². The van der Waals surface area contributed by atoms with Gasteiger partial charge >= 0.3 is 0 Å². The van der Waals surface area contributed by atoms with Crippen LogP contribution in [0.5, 0.6) is 0 Å². The van der Waals surface area contributed by atoms with E-state index in [9.17, 15) is 4.79 Å². The summed E-state index contributed by atoms with van der Waals surface area (Å²) in [6.45, 7) is 5.05. The average Bonchev–Trinajstić information content (AvgIpc) is 3.34. The number of carbonyl (C=O) groups excluding carboxylic acids is 1. The molecule has 1 fully saturated rings. The van der Waals surface area contributed by atoms with Gasteiger partial charge in [-0.1, -0.05) is 5.16 Å². The lowest BCUT2D eigenvalue weighted by Gasteiger charge is -2.29. The number of hydrogen-bond donors (Lipinski definition) is 0. The molecule has 2 aromatic heterocycles. The van der Waals surface area contributed by atoms with Crippen LogP contribution in [0.25, 0.3) is 17.1 Å². The van der Waals surface area contributed by atoms with Crippen LogP contribution in [-0.4, -0.2) is 48.8 Å². The average molecular weight is 352 g/mol. The molecule has 26 heavy (non-hydrogen) atoms. The highest BCUT2D eigenvalue weighted by Crippen LogP contribution is 2.28. The van der Waals surface area contributed by atoms with Gasteiger partial charge in [0, 0.05) is 25.6 Å². The number of piperidine rings is 1. The molecular weight excluding hydrogens is 332 g/mol. The van der Waals surface area contributed by atoms with Crippen molar-refractivity contribution in [3.63, 3.8) is 0 Å². The minimum atomic E-state index is 0.0914. The molecule has 4 rings (SSSR count). The molecular formula is C18H20N6O2. The van der Waals surface area contributed by atoms with Gasteiger partial charge in [-0.3, -0.25) is 4.79 Å². The van der Waals surface area contributed by atoms with Gasteiger partial charge in [0.2, 0.25) is 17.6 Å². The summed E-state index contributed by atoms with van der Waals surface area (Å²) >= 11 is 0. The zero-order valence-electron chi connectivity index (χ0n) is 14.8. The Kier molecular flexibility index (Phi) is 4.24. The Balaban J connectivity index is 1.56. The molecule has 0 radical (unpaired) electrons. The Morgan fingerprint density at radius 3 is 2.96 bits per heavy atom. The number of likely N-dealkylation sites (tertiary alicyclic amines) is 1. The van der Waals surface area contributed by atoms with Gasteiger partial charge in [0.15, 0.2) is 0 Å². The van der Waals surface area contributed by atoms with Crippen LogP contribution in [0.15, 0.2) is 35.4 Å². The van der Waals surface area contributed by atoms with Crippen molar-refractivity contribution in [3.8, 4) is 17.1 Å². The van der Waals surface area contributed by atoms with Crippen molar-refractivity contribution in [2.75, 3.05) is 13.1 Å². The third-order valence-electron chi connectivity index (χ3n) is 4.78. The van der Waals surface area contributed by atoms with Gasteiger partial charge in [0.25, 0.3) is 0 Å². The van der Waals surface area contributed by atoms with Gasteiger partial charge < -0.3 is 9.42 Å². The lowest BCUT2D eigenvalue weighted by Crippen LogP contribution is -2.37. The molecule has 1 amide bonds. The molecule has 3 aromatic rings. The molecule has 0 bridgehead atoms. The van der Waals surface area contributed by atoms with Crippen LogP contribution in [0.1, 0.15) is 37.1 Å². The van der Waals surface area contributed by atoms with Crippen molar-refractivity contribution >= 4 is 5.91 Å². The minimum absolute atomic E-state index is 0.0914. The third-order valence-corrected chi connectivity index (χ3v) is 4.78. The van der Waals surface area contributed by atoms with E-state index in [1.165, 1.54) is 6.33 Å². The molecule has 1 atom stereocenters. The van der Waals surface area contributed by atoms with E-state index in [1.54, 1.807) is 17.9 Å². The van der Waals surface area contributed by atoms with Crippen molar-refractivity contribution in [1.29, 1.82) is 0 Å². The topological polar surface area (TPSA) is 89.9 Å². The van der Waals surface area contributed by atoms with Crippen molar-refractivity contribution in [3.05, 3.63) is 42.3 Å². The van der Waals surface area contributed by atoms with E-state index in [-0.39, 0.29) is 11.8 Å². The molecule has 1 aliphatic rings. The summed E-state index contributed by atoms with van der Waals surface area (Å²) in [5.41, 5.74) is 2.89. The van der Waals surface area contributed by atoms with Gasteiger partial charge in [0.05, 0.1) is 11.6 Å². The van der Waals surface area contributed by atoms with Crippen molar-refractivity contribution in [2.24, 2.45) is 0 Å². The van der Waals surface area contributed by atoms with Gasteiger partial charge in [-0.25, -0.2) is 9.67 Å². The quantitative estimate of drug-likeness (QED) is 0.719. The highest BCUT2D eigenvalue weighted by Gasteiger charge is 2.27. The van der Waals surface area contributed by atoms with Crippen molar-refractivity contribution in [1.82, 2.24) is 29.8 Å². The monoisotopic (exact) mass is 352 g/mol. The lowest BCUT2D eigenvalue weighted by atomic mass is 9.98. The fraction of sp³-hybridized carbons (Fsp3) is 0.389. The summed E-state index contributed by atoms with van der Waals surface area (Å²) in [4.78, 5) is 22.0. The van der Waals surface area contributed by atoms with E-state index in [0.29, 0.717) is 18.3 Å². The van der Waals surface area contributed by atoms with Crippen LogP contribution in [0.4, 0.5) is 0 Å². The number of aromatic nitrogens is 5. The zero-order chi connectivity index (χ0) is 18.1. The number of hydrogen-bond acceptors (Lipinski definition) is 6. The Morgan fingerprint density at radius 1 is 1.35 bits per heavy atom. The Bertz CT molecular complexity index is 918. The predicted molar refractivity (Wildman–Crippen MR) is 93.6 cm³/mol. The summed E-state index contributed by atoms with van der Waals surface area (Å²) in [6.07, 6.45) is 5.08. The molecule has 1 unspecified atom stereocenters. The van der Waals surface area contributed by atoms with Crippen LogP contribution >= 0.6 is 0 Å². The molecule has 0 spiro atoms. The molecule has 8 nitrogen and oxygen atoms in total. The second-order valence-corrected chi connectivity index (χ2v) is 6.60. The first-order valence-corrected chi connectivity index (χ1v) is 8.67. The first-order valence-electron chi connectivity index (χ1n) is 8.67. The molecule has 134 valence electrons. The van der Waals surface area contributed by atoms with E-state index >= 15 is 0 Å². The van der Waals surface area contributed by atoms with Crippen LogP contribution in [0, 0.1) is 6.92 Å². The highest BCUT2D eigenvalue weighted by atomic mass is 16.5. The summed E-state index contributed by atoms with van der Waals surface area (Å²) in [5, 5.41) is 8.30. The number of rotatable bonds is 3. The van der Waals surface area contributed by atoms with E-state index in [0.717, 1.165) is 36.2 Å². The Hall–Kier alpha value is -3.03. The first-order chi connectivity index (χ1) is 12.6. The largest absolute Gasteiger partial charge is 0.342 e. The molecule has 8 heteroatoms. The van der Waals surface area contributed by atoms with Gasteiger partial charge in [-0.2, -0.15) is 10.1 Å². The van der Waals surface area contributed by atoms with Gasteiger partial charge in [0.1, 0.15) is 12.7 Å². The summed E-state index contributed by atoms with van der Waals surface area (Å²) < 4.78 is 7.22. The van der Waals surface area contributed by atoms with E-state index in [1.807, 2.05) is 30.0 Å². The van der Waals surface area contributed by atoms with E-state index in [4.69, 9.17) is 4.52 Å². The van der Waals surface area contributed by atoms with Gasteiger partial charge in [-0.15, -0.1) is 0 Å². The fourth-order valence-electron chi connectivity index (χ4n) is 3.37. The first kappa shape index (κ1) is 16.4. The standard InChI is InChI=1S/C18H20N6O2/c1-12-8-14(5-6-16(12)24-11-19-10-20-24)17-21-18(26-22-17)15-4-3-7-23(9-15)13(2)25/h5-6,8,10-11,15H,3-4,7,9H2,1-2H3. The molecule has 1 saturated heterocycles. The smallest absolute Gasteiger partial charge is 0.231 e. The zero-order valence-corrected chi connectivity index (χ0v) is 14.8. The third kappa shape index (κ3) is 3.10. The number of carbonyl (C=O) groups is 1. The Morgan fingerprint density at radius 2 is 2.23 bits per heavy atom. The maximum atomic E-state index is 11.6. The molecule has 0 N–H and O–H groups in total. The maximum Gasteiger partial charge on any atom is 0.231 e. The molecule has 0 saturated carbocycles. The van der Waals surface area contributed by atoms with Crippen LogP contribution in [0.2, 0.25) is 0 Å². The molecule has 1 aromatic carbocycles. The van der Waals surface area contributed by atoms with E-state index < -0.39 is 0 Å². The normalized spacial score (nSPS) is 17.5. The SMILES string of the molecule is CC(=O)N1CCCC(c2nc(-c3ccc(-n4cncn4)c(C)c3)no2)C1. The summed E-state index contributed by atoms with van der Waals surface area (Å²) in [5.74, 6) is 1.36. The highest BCUT2D eigenvalue weighted by molar-refractivity contribution is 5.73. The maximum absolute atomic E-state index is 11.6. The molecule has 1 aliphatic heterocycles. The number of benzene rings is 1. The van der Waals surface area contributed by atoms with Gasteiger partial charge in [-0.05, 0) is 43.5 Å². The number of aryl methyl sites for hydroxylation is 1. The second kappa shape index (κ2) is 6.70. The van der Waals surface area contributed by atoms with Crippen LogP contribution in [0.3, 0.4) is 0 Å². The summed E-state index contributed by atoms with van der Waals surface area (Å²) in [7, 11) is 0.